The fourth-order valence-electron chi connectivity index (χ4n) is 1.60. The van der Waals surface area contributed by atoms with E-state index in [2.05, 4.69) is 5.32 Å². The minimum Gasteiger partial charge on any atom is -0.491 e. The molecule has 0 bridgehead atoms. The van der Waals surface area contributed by atoms with Crippen LogP contribution in [0.2, 0.25) is 0 Å². The molecule has 0 spiro atoms. The Morgan fingerprint density at radius 3 is 2.55 bits per heavy atom. The summed E-state index contributed by atoms with van der Waals surface area (Å²) >= 11 is 0. The number of halogens is 1. The summed E-state index contributed by atoms with van der Waals surface area (Å²) in [5.41, 5.74) is 7.31. The summed E-state index contributed by atoms with van der Waals surface area (Å²) in [5, 5.41) is 2.75. The maximum absolute atomic E-state index is 11.7. The first-order chi connectivity index (χ1) is 8.93. The molecule has 1 rings (SSSR count). The molecule has 1 aromatic rings. The van der Waals surface area contributed by atoms with Crippen LogP contribution >= 0.6 is 12.4 Å². The number of ether oxygens (including phenoxy) is 2. The normalized spacial score (nSPS) is 11.7. The number of carbonyl (C=O) groups is 1. The topological polar surface area (TPSA) is 73.6 Å². The molecule has 6 heteroatoms. The van der Waals surface area contributed by atoms with Crippen molar-refractivity contribution in [1.29, 1.82) is 0 Å². The average Bonchev–Trinajstić information content (AvgIpc) is 2.32. The first kappa shape index (κ1) is 18.7. The van der Waals surface area contributed by atoms with Crippen molar-refractivity contribution >= 4 is 24.0 Å². The number of nitrogens with two attached hydrogens (primary N) is 1. The zero-order valence-electron chi connectivity index (χ0n) is 12.3. The molecule has 0 saturated heterocycles. The number of methoxy groups -OCH3 is 1. The van der Waals surface area contributed by atoms with E-state index < -0.39 is 6.04 Å². The maximum Gasteiger partial charge on any atom is 0.243 e. The molecule has 0 aromatic heterocycles. The molecule has 0 aliphatic carbocycles. The van der Waals surface area contributed by atoms with E-state index in [4.69, 9.17) is 15.2 Å². The van der Waals surface area contributed by atoms with Crippen LogP contribution in [0.4, 0.5) is 5.69 Å². The Hall–Kier alpha value is -1.30. The summed E-state index contributed by atoms with van der Waals surface area (Å²) < 4.78 is 10.5. The van der Waals surface area contributed by atoms with Crippen LogP contribution in [-0.4, -0.2) is 31.8 Å². The van der Waals surface area contributed by atoms with Gasteiger partial charge in [-0.2, -0.15) is 0 Å². The van der Waals surface area contributed by atoms with E-state index in [0.717, 1.165) is 11.3 Å². The van der Waals surface area contributed by atoms with Crippen molar-refractivity contribution in [3.63, 3.8) is 0 Å². The predicted molar refractivity (Wildman–Crippen MR) is 82.7 cm³/mol. The summed E-state index contributed by atoms with van der Waals surface area (Å²) in [5.74, 6) is 0.549. The van der Waals surface area contributed by atoms with Crippen molar-refractivity contribution in [2.45, 2.75) is 32.9 Å². The van der Waals surface area contributed by atoms with Crippen molar-refractivity contribution < 1.29 is 14.3 Å². The van der Waals surface area contributed by atoms with Crippen LogP contribution in [0.3, 0.4) is 0 Å². The largest absolute Gasteiger partial charge is 0.491 e. The van der Waals surface area contributed by atoms with Gasteiger partial charge in [-0.25, -0.2) is 0 Å². The SMILES string of the molecule is COCC(N)C(=O)Nc1ccc(OC(C)C)c(C)c1.Cl. The fraction of sp³-hybridized carbons (Fsp3) is 0.500. The Morgan fingerprint density at radius 1 is 1.40 bits per heavy atom. The molecule has 3 N–H and O–H groups in total. The van der Waals surface area contributed by atoms with E-state index >= 15 is 0 Å². The van der Waals surface area contributed by atoms with Crippen LogP contribution in [0, 0.1) is 6.92 Å². The fourth-order valence-corrected chi connectivity index (χ4v) is 1.60. The summed E-state index contributed by atoms with van der Waals surface area (Å²) in [7, 11) is 1.51. The Balaban J connectivity index is 0.00000361. The summed E-state index contributed by atoms with van der Waals surface area (Å²) in [4.78, 5) is 11.7. The highest BCUT2D eigenvalue weighted by atomic mass is 35.5. The highest BCUT2D eigenvalue weighted by Crippen LogP contribution is 2.23. The molecule has 1 amide bonds. The third kappa shape index (κ3) is 5.77. The lowest BCUT2D eigenvalue weighted by Gasteiger charge is -2.15. The average molecular weight is 303 g/mol. The molecular weight excluding hydrogens is 280 g/mol. The van der Waals surface area contributed by atoms with E-state index in [1.807, 2.05) is 32.9 Å². The molecule has 0 aliphatic rings. The second kappa shape index (κ2) is 8.79. The molecule has 0 radical (unpaired) electrons. The highest BCUT2D eigenvalue weighted by molar-refractivity contribution is 5.94. The third-order valence-corrected chi connectivity index (χ3v) is 2.49. The smallest absolute Gasteiger partial charge is 0.243 e. The van der Waals surface area contributed by atoms with Gasteiger partial charge in [-0.1, -0.05) is 0 Å². The van der Waals surface area contributed by atoms with Crippen molar-refractivity contribution in [2.24, 2.45) is 5.73 Å². The first-order valence-electron chi connectivity index (χ1n) is 6.26. The molecule has 1 unspecified atom stereocenters. The molecule has 5 nitrogen and oxygen atoms in total. The van der Waals surface area contributed by atoms with Crippen LogP contribution in [0.15, 0.2) is 18.2 Å². The number of amides is 1. The van der Waals surface area contributed by atoms with Gasteiger partial charge >= 0.3 is 0 Å². The predicted octanol–water partition coefficient (Wildman–Crippen LogP) is 2.12. The number of hydrogen-bond acceptors (Lipinski definition) is 4. The van der Waals surface area contributed by atoms with Crippen molar-refractivity contribution in [3.05, 3.63) is 23.8 Å². The molecule has 0 aliphatic heterocycles. The second-order valence-electron chi connectivity index (χ2n) is 4.70. The molecular formula is C14H23ClN2O3. The van der Waals surface area contributed by atoms with Crippen molar-refractivity contribution in [1.82, 2.24) is 0 Å². The number of nitrogens with one attached hydrogen (secondary N) is 1. The standard InChI is InChI=1S/C14H22N2O3.ClH/c1-9(2)19-13-6-5-11(7-10(13)3)16-14(17)12(15)8-18-4;/h5-7,9,12H,8,15H2,1-4H3,(H,16,17);1H. The van der Waals surface area contributed by atoms with Crippen molar-refractivity contribution in [3.8, 4) is 5.75 Å². The number of rotatable bonds is 6. The lowest BCUT2D eigenvalue weighted by atomic mass is 10.2. The van der Waals surface area contributed by atoms with E-state index in [-0.39, 0.29) is 31.0 Å². The van der Waals surface area contributed by atoms with Crippen molar-refractivity contribution in [2.75, 3.05) is 19.0 Å². The Morgan fingerprint density at radius 2 is 2.05 bits per heavy atom. The molecule has 0 heterocycles. The van der Waals surface area contributed by atoms with Gasteiger partial charge in [0, 0.05) is 12.8 Å². The summed E-state index contributed by atoms with van der Waals surface area (Å²) in [6.07, 6.45) is 0.120. The number of aryl methyl sites for hydroxylation is 1. The van der Waals surface area contributed by atoms with Gasteiger partial charge in [-0.05, 0) is 44.5 Å². The van der Waals surface area contributed by atoms with E-state index in [1.165, 1.54) is 7.11 Å². The first-order valence-corrected chi connectivity index (χ1v) is 6.26. The molecule has 114 valence electrons. The molecule has 1 atom stereocenters. The van der Waals surface area contributed by atoms with Crippen LogP contribution in [0.25, 0.3) is 0 Å². The Kier molecular flexibility index (Phi) is 8.22. The summed E-state index contributed by atoms with van der Waals surface area (Å²) in [6.45, 7) is 6.07. The number of carbonyl (C=O) groups excluding carboxylic acids is 1. The highest BCUT2D eigenvalue weighted by Gasteiger charge is 2.13. The molecule has 0 saturated carbocycles. The number of anilines is 1. The van der Waals surface area contributed by atoms with E-state index in [9.17, 15) is 4.79 Å². The second-order valence-corrected chi connectivity index (χ2v) is 4.70. The number of benzene rings is 1. The van der Waals surface area contributed by atoms with Gasteiger partial charge in [0.25, 0.3) is 0 Å². The monoisotopic (exact) mass is 302 g/mol. The van der Waals surface area contributed by atoms with E-state index in [0.29, 0.717) is 5.69 Å². The molecule has 0 fully saturated rings. The maximum atomic E-state index is 11.7. The lowest BCUT2D eigenvalue weighted by Crippen LogP contribution is -2.39. The van der Waals surface area contributed by atoms with Crippen LogP contribution in [-0.2, 0) is 9.53 Å². The van der Waals surface area contributed by atoms with Gasteiger partial charge in [0.2, 0.25) is 5.91 Å². The third-order valence-electron chi connectivity index (χ3n) is 2.49. The number of hydrogen-bond donors (Lipinski definition) is 2. The minimum atomic E-state index is -0.670. The zero-order valence-corrected chi connectivity index (χ0v) is 13.1. The summed E-state index contributed by atoms with van der Waals surface area (Å²) in [6, 6.07) is 4.82. The van der Waals surface area contributed by atoms with Gasteiger partial charge in [-0.3, -0.25) is 4.79 Å². The quantitative estimate of drug-likeness (QED) is 0.844. The van der Waals surface area contributed by atoms with Crippen LogP contribution < -0.4 is 15.8 Å². The van der Waals surface area contributed by atoms with Gasteiger partial charge in [0.05, 0.1) is 12.7 Å². The van der Waals surface area contributed by atoms with E-state index in [1.54, 1.807) is 6.07 Å². The zero-order chi connectivity index (χ0) is 14.4. The van der Waals surface area contributed by atoms with Gasteiger partial charge < -0.3 is 20.5 Å². The Bertz CT molecular complexity index is 438. The molecule has 1 aromatic carbocycles. The van der Waals surface area contributed by atoms with Gasteiger partial charge in [-0.15, -0.1) is 12.4 Å². The van der Waals surface area contributed by atoms with Crippen LogP contribution in [0.5, 0.6) is 5.75 Å². The molecule has 20 heavy (non-hydrogen) atoms. The van der Waals surface area contributed by atoms with Gasteiger partial charge in [0.1, 0.15) is 11.8 Å². The lowest BCUT2D eigenvalue weighted by molar-refractivity contribution is -0.118. The Labute approximate surface area is 126 Å². The van der Waals surface area contributed by atoms with Gasteiger partial charge in [0.15, 0.2) is 0 Å². The van der Waals surface area contributed by atoms with Crippen LogP contribution in [0.1, 0.15) is 19.4 Å². The minimum absolute atomic E-state index is 0.